The maximum absolute atomic E-state index is 12.3. The molecule has 1 aliphatic carbocycles. The quantitative estimate of drug-likeness (QED) is 0.812. The predicted molar refractivity (Wildman–Crippen MR) is 68.0 cm³/mol. The summed E-state index contributed by atoms with van der Waals surface area (Å²) in [6.45, 7) is 1.86. The van der Waals surface area contributed by atoms with E-state index in [1.807, 2.05) is 37.3 Å². The Hall–Kier alpha value is -1.15. The third-order valence-electron chi connectivity index (χ3n) is 3.98. The van der Waals surface area contributed by atoms with Gasteiger partial charge in [0.2, 0.25) is 0 Å². The average molecular weight is 232 g/mol. The summed E-state index contributed by atoms with van der Waals surface area (Å²) in [6, 6.07) is 9.28. The highest BCUT2D eigenvalue weighted by Crippen LogP contribution is 2.35. The van der Waals surface area contributed by atoms with Crippen LogP contribution in [-0.4, -0.2) is 16.5 Å². The second-order valence-electron chi connectivity index (χ2n) is 5.12. The van der Waals surface area contributed by atoms with E-state index in [1.165, 1.54) is 6.42 Å². The number of rotatable bonds is 3. The molecule has 0 aromatic heterocycles. The number of hydrogen-bond acceptors (Lipinski definition) is 2. The molecular formula is C15H20O2. The van der Waals surface area contributed by atoms with Crippen LogP contribution in [0.5, 0.6) is 0 Å². The zero-order chi connectivity index (χ0) is 12.3. The van der Waals surface area contributed by atoms with Gasteiger partial charge in [-0.2, -0.15) is 0 Å². The van der Waals surface area contributed by atoms with Crippen LogP contribution < -0.4 is 0 Å². The number of benzene rings is 1. The van der Waals surface area contributed by atoms with Crippen molar-refractivity contribution < 1.29 is 9.90 Å². The van der Waals surface area contributed by atoms with E-state index in [2.05, 4.69) is 0 Å². The minimum absolute atomic E-state index is 0.0648. The Morgan fingerprint density at radius 2 is 1.76 bits per heavy atom. The van der Waals surface area contributed by atoms with Gasteiger partial charge in [0.05, 0.1) is 5.60 Å². The van der Waals surface area contributed by atoms with E-state index in [0.29, 0.717) is 5.56 Å². The number of aliphatic hydroxyl groups is 1. The lowest BCUT2D eigenvalue weighted by atomic mass is 9.74. The van der Waals surface area contributed by atoms with Gasteiger partial charge in [0.25, 0.3) is 0 Å². The van der Waals surface area contributed by atoms with E-state index in [9.17, 15) is 9.90 Å². The highest BCUT2D eigenvalue weighted by Gasteiger charge is 2.39. The van der Waals surface area contributed by atoms with Gasteiger partial charge in [-0.15, -0.1) is 0 Å². The molecule has 92 valence electrons. The van der Waals surface area contributed by atoms with Crippen LogP contribution in [0.15, 0.2) is 30.3 Å². The van der Waals surface area contributed by atoms with E-state index >= 15 is 0 Å². The lowest BCUT2D eigenvalue weighted by molar-refractivity contribution is -0.0333. The van der Waals surface area contributed by atoms with E-state index < -0.39 is 5.60 Å². The minimum Gasteiger partial charge on any atom is -0.389 e. The van der Waals surface area contributed by atoms with Crippen molar-refractivity contribution in [2.45, 2.75) is 44.6 Å². The van der Waals surface area contributed by atoms with E-state index in [4.69, 9.17) is 0 Å². The van der Waals surface area contributed by atoms with Gasteiger partial charge < -0.3 is 5.11 Å². The number of Topliss-reactive ketones (excluding diaryl/α,β-unsaturated/α-hetero) is 1. The van der Waals surface area contributed by atoms with E-state index in [-0.39, 0.29) is 11.7 Å². The van der Waals surface area contributed by atoms with Crippen molar-refractivity contribution in [2.24, 2.45) is 5.92 Å². The monoisotopic (exact) mass is 232 g/mol. The SMILES string of the molecule is CC(C(=O)c1ccccc1)C1(O)CCCCC1. The van der Waals surface area contributed by atoms with Crippen LogP contribution in [0, 0.1) is 5.92 Å². The number of ketones is 1. The molecule has 1 saturated carbocycles. The number of carbonyl (C=O) groups excluding carboxylic acids is 1. The Bertz CT molecular complexity index is 377. The van der Waals surface area contributed by atoms with Crippen LogP contribution in [0.1, 0.15) is 49.4 Å². The molecule has 1 N–H and O–H groups in total. The summed E-state index contributed by atoms with van der Waals surface area (Å²) in [5.41, 5.74) is -0.0791. The summed E-state index contributed by atoms with van der Waals surface area (Å²) in [5, 5.41) is 10.6. The Kier molecular flexibility index (Phi) is 3.63. The normalized spacial score (nSPS) is 20.8. The highest BCUT2D eigenvalue weighted by atomic mass is 16.3. The first kappa shape index (κ1) is 12.3. The molecule has 1 atom stereocenters. The Labute approximate surface area is 103 Å². The Balaban J connectivity index is 2.14. The molecule has 17 heavy (non-hydrogen) atoms. The van der Waals surface area contributed by atoms with Crippen molar-refractivity contribution in [3.05, 3.63) is 35.9 Å². The maximum Gasteiger partial charge on any atom is 0.168 e. The van der Waals surface area contributed by atoms with Gasteiger partial charge in [0.15, 0.2) is 5.78 Å². The van der Waals surface area contributed by atoms with Crippen LogP contribution in [0.2, 0.25) is 0 Å². The molecule has 2 rings (SSSR count). The van der Waals surface area contributed by atoms with Crippen molar-refractivity contribution >= 4 is 5.78 Å². The topological polar surface area (TPSA) is 37.3 Å². The summed E-state index contributed by atoms with van der Waals surface area (Å²) in [6.07, 6.45) is 4.75. The third-order valence-corrected chi connectivity index (χ3v) is 3.98. The van der Waals surface area contributed by atoms with Gasteiger partial charge in [-0.3, -0.25) is 4.79 Å². The molecule has 0 radical (unpaired) electrons. The van der Waals surface area contributed by atoms with Crippen molar-refractivity contribution in [3.63, 3.8) is 0 Å². The predicted octanol–water partition coefficient (Wildman–Crippen LogP) is 3.20. The lowest BCUT2D eigenvalue weighted by Crippen LogP contribution is -2.42. The van der Waals surface area contributed by atoms with Crippen LogP contribution in [0.3, 0.4) is 0 Å². The smallest absolute Gasteiger partial charge is 0.168 e. The number of carbonyl (C=O) groups is 1. The summed E-state index contributed by atoms with van der Waals surface area (Å²) < 4.78 is 0. The van der Waals surface area contributed by atoms with Crippen molar-refractivity contribution in [1.82, 2.24) is 0 Å². The first-order valence-electron chi connectivity index (χ1n) is 6.45. The van der Waals surface area contributed by atoms with Gasteiger partial charge in [0, 0.05) is 11.5 Å². The molecule has 0 spiro atoms. The molecule has 2 heteroatoms. The molecule has 1 fully saturated rings. The van der Waals surface area contributed by atoms with Gasteiger partial charge >= 0.3 is 0 Å². The van der Waals surface area contributed by atoms with Crippen molar-refractivity contribution in [2.75, 3.05) is 0 Å². The van der Waals surface area contributed by atoms with Crippen LogP contribution in [-0.2, 0) is 0 Å². The first-order valence-corrected chi connectivity index (χ1v) is 6.45. The van der Waals surface area contributed by atoms with Gasteiger partial charge in [-0.05, 0) is 12.8 Å². The van der Waals surface area contributed by atoms with Crippen molar-refractivity contribution in [3.8, 4) is 0 Å². The van der Waals surface area contributed by atoms with Crippen LogP contribution in [0.25, 0.3) is 0 Å². The highest BCUT2D eigenvalue weighted by molar-refractivity contribution is 5.98. The largest absolute Gasteiger partial charge is 0.389 e. The summed E-state index contributed by atoms with van der Waals surface area (Å²) in [4.78, 5) is 12.3. The second kappa shape index (κ2) is 5.01. The summed E-state index contributed by atoms with van der Waals surface area (Å²) in [7, 11) is 0. The summed E-state index contributed by atoms with van der Waals surface area (Å²) >= 11 is 0. The van der Waals surface area contributed by atoms with Crippen LogP contribution in [0.4, 0.5) is 0 Å². The third kappa shape index (κ3) is 2.58. The zero-order valence-electron chi connectivity index (χ0n) is 10.4. The zero-order valence-corrected chi connectivity index (χ0v) is 10.4. The fourth-order valence-corrected chi connectivity index (χ4v) is 2.69. The molecule has 0 heterocycles. The van der Waals surface area contributed by atoms with Gasteiger partial charge in [0.1, 0.15) is 0 Å². The van der Waals surface area contributed by atoms with E-state index in [0.717, 1.165) is 25.7 Å². The first-order chi connectivity index (χ1) is 8.13. The summed E-state index contributed by atoms with van der Waals surface area (Å²) in [5.74, 6) is -0.236. The molecular weight excluding hydrogens is 212 g/mol. The Morgan fingerprint density at radius 1 is 1.18 bits per heavy atom. The minimum atomic E-state index is -0.787. The Morgan fingerprint density at radius 3 is 2.35 bits per heavy atom. The molecule has 1 unspecified atom stereocenters. The number of hydrogen-bond donors (Lipinski definition) is 1. The van der Waals surface area contributed by atoms with Crippen molar-refractivity contribution in [1.29, 1.82) is 0 Å². The average Bonchev–Trinajstić information content (AvgIpc) is 2.39. The maximum atomic E-state index is 12.3. The van der Waals surface area contributed by atoms with Gasteiger partial charge in [-0.1, -0.05) is 56.5 Å². The van der Waals surface area contributed by atoms with E-state index in [1.54, 1.807) is 0 Å². The molecule has 1 aromatic carbocycles. The molecule has 1 aromatic rings. The molecule has 0 bridgehead atoms. The molecule has 0 amide bonds. The standard InChI is InChI=1S/C15H20O2/c1-12(15(17)10-6-3-7-11-15)14(16)13-8-4-2-5-9-13/h2,4-5,8-9,12,17H,3,6-7,10-11H2,1H3. The van der Waals surface area contributed by atoms with Gasteiger partial charge in [-0.25, -0.2) is 0 Å². The molecule has 0 aliphatic heterocycles. The fraction of sp³-hybridized carbons (Fsp3) is 0.533. The molecule has 1 aliphatic rings. The van der Waals surface area contributed by atoms with Crippen LogP contribution >= 0.6 is 0 Å². The molecule has 0 saturated heterocycles. The molecule has 2 nitrogen and oxygen atoms in total. The lowest BCUT2D eigenvalue weighted by Gasteiger charge is -2.36. The second-order valence-corrected chi connectivity index (χ2v) is 5.12. The fourth-order valence-electron chi connectivity index (χ4n) is 2.69.